The van der Waals surface area contributed by atoms with E-state index in [0.29, 0.717) is 37.4 Å². The maximum Gasteiger partial charge on any atom is 0.240 e. The topological polar surface area (TPSA) is 83.6 Å². The summed E-state index contributed by atoms with van der Waals surface area (Å²) in [6.45, 7) is 1.38. The summed E-state index contributed by atoms with van der Waals surface area (Å²) in [6.07, 6.45) is 7.25. The number of aryl methyl sites for hydroxylation is 2. The molecule has 1 saturated heterocycles. The predicted octanol–water partition coefficient (Wildman–Crippen LogP) is 2.05. The van der Waals surface area contributed by atoms with Crippen molar-refractivity contribution in [2.45, 2.75) is 61.5 Å². The van der Waals surface area contributed by atoms with Crippen LogP contribution < -0.4 is 4.72 Å². The Morgan fingerprint density at radius 2 is 1.59 bits per heavy atom. The predicted molar refractivity (Wildman–Crippen MR) is 105 cm³/mol. The van der Waals surface area contributed by atoms with E-state index >= 15 is 0 Å². The number of sulfonamides is 2. The molecule has 1 heterocycles. The van der Waals surface area contributed by atoms with E-state index in [4.69, 9.17) is 0 Å². The first kappa shape index (κ1) is 19.4. The van der Waals surface area contributed by atoms with Gasteiger partial charge in [-0.2, -0.15) is 0 Å². The summed E-state index contributed by atoms with van der Waals surface area (Å²) in [4.78, 5) is 0.344. The summed E-state index contributed by atoms with van der Waals surface area (Å²) < 4.78 is 54.2. The van der Waals surface area contributed by atoms with Gasteiger partial charge in [-0.05, 0) is 80.5 Å². The number of fused-ring (bicyclic) bond motifs is 1. The van der Waals surface area contributed by atoms with Crippen molar-refractivity contribution in [3.05, 3.63) is 29.3 Å². The van der Waals surface area contributed by atoms with Crippen LogP contribution in [0.3, 0.4) is 0 Å². The van der Waals surface area contributed by atoms with Crippen LogP contribution in [0.25, 0.3) is 0 Å². The van der Waals surface area contributed by atoms with Gasteiger partial charge in [0.2, 0.25) is 20.0 Å². The van der Waals surface area contributed by atoms with Gasteiger partial charge in [0.05, 0.1) is 10.1 Å². The first-order valence-electron chi connectivity index (χ1n) is 9.97. The number of nitrogens with zero attached hydrogens (tertiary/aromatic N) is 1. The largest absolute Gasteiger partial charge is 0.240 e. The Morgan fingerprint density at radius 1 is 0.926 bits per heavy atom. The van der Waals surface area contributed by atoms with E-state index in [-0.39, 0.29) is 11.2 Å². The fourth-order valence-corrected chi connectivity index (χ4v) is 7.17. The second kappa shape index (κ2) is 7.46. The van der Waals surface area contributed by atoms with Crippen molar-refractivity contribution in [1.82, 2.24) is 9.03 Å². The molecule has 3 aliphatic rings. The van der Waals surface area contributed by atoms with Crippen LogP contribution in [0.4, 0.5) is 0 Å². The minimum absolute atomic E-state index is 0.170. The lowest BCUT2D eigenvalue weighted by Crippen LogP contribution is -2.42. The highest BCUT2D eigenvalue weighted by Gasteiger charge is 2.41. The van der Waals surface area contributed by atoms with Crippen LogP contribution >= 0.6 is 0 Å². The molecule has 27 heavy (non-hydrogen) atoms. The molecule has 0 bridgehead atoms. The Hall–Kier alpha value is -0.960. The molecule has 1 N–H and O–H groups in total. The van der Waals surface area contributed by atoms with Crippen LogP contribution in [0, 0.1) is 5.92 Å². The zero-order valence-electron chi connectivity index (χ0n) is 15.6. The summed E-state index contributed by atoms with van der Waals surface area (Å²) >= 11 is 0. The lowest BCUT2D eigenvalue weighted by molar-refractivity contribution is 0.274. The number of hydrogen-bond acceptors (Lipinski definition) is 4. The maximum absolute atomic E-state index is 12.7. The molecule has 0 unspecified atom stereocenters. The zero-order valence-corrected chi connectivity index (χ0v) is 17.2. The van der Waals surface area contributed by atoms with Crippen LogP contribution in [-0.4, -0.2) is 46.0 Å². The quantitative estimate of drug-likeness (QED) is 0.775. The van der Waals surface area contributed by atoms with Gasteiger partial charge in [-0.25, -0.2) is 25.9 Å². The Balaban J connectivity index is 1.33. The first-order chi connectivity index (χ1) is 12.9. The fraction of sp³-hybridized carbons (Fsp3) is 0.684. The van der Waals surface area contributed by atoms with Crippen molar-refractivity contribution in [3.63, 3.8) is 0 Å². The molecule has 1 aliphatic heterocycles. The fourth-order valence-electron chi connectivity index (χ4n) is 4.13. The standard InChI is InChI=1S/C19H28N2O4S2/c22-26(23,19-6-5-16-3-1-2-4-17(16)13-19)20-14-15-9-11-21(12-10-15)27(24,25)18-7-8-18/h5-6,13,15,18,20H,1-4,7-12,14H2. The van der Waals surface area contributed by atoms with E-state index in [2.05, 4.69) is 4.72 Å². The zero-order chi connectivity index (χ0) is 19.1. The van der Waals surface area contributed by atoms with Gasteiger partial charge in [-0.1, -0.05) is 6.07 Å². The molecule has 2 fully saturated rings. The van der Waals surface area contributed by atoms with Crippen molar-refractivity contribution in [2.24, 2.45) is 5.92 Å². The molecule has 0 radical (unpaired) electrons. The van der Waals surface area contributed by atoms with Crippen molar-refractivity contribution < 1.29 is 16.8 Å². The molecule has 1 aromatic carbocycles. The molecule has 0 amide bonds. The van der Waals surface area contributed by atoms with E-state index in [1.807, 2.05) is 12.1 Å². The second-order valence-electron chi connectivity index (χ2n) is 8.08. The Kier molecular flexibility index (Phi) is 5.35. The lowest BCUT2D eigenvalue weighted by Gasteiger charge is -2.31. The van der Waals surface area contributed by atoms with E-state index in [1.165, 1.54) is 12.0 Å². The lowest BCUT2D eigenvalue weighted by atomic mass is 9.92. The summed E-state index contributed by atoms with van der Waals surface area (Å²) in [5.74, 6) is 0.183. The SMILES string of the molecule is O=S(=O)(NCC1CCN(S(=O)(=O)C2CC2)CC1)c1ccc2c(c1)CCCC2. The van der Waals surface area contributed by atoms with Crippen LogP contribution in [-0.2, 0) is 32.9 Å². The van der Waals surface area contributed by atoms with Crippen LogP contribution in [0.2, 0.25) is 0 Å². The van der Waals surface area contributed by atoms with Gasteiger partial charge in [-0.15, -0.1) is 0 Å². The smallest absolute Gasteiger partial charge is 0.212 e. The molecular weight excluding hydrogens is 384 g/mol. The highest BCUT2D eigenvalue weighted by Crippen LogP contribution is 2.33. The molecule has 6 nitrogen and oxygen atoms in total. The van der Waals surface area contributed by atoms with E-state index in [0.717, 1.165) is 37.7 Å². The van der Waals surface area contributed by atoms with E-state index in [1.54, 1.807) is 10.4 Å². The van der Waals surface area contributed by atoms with Crippen molar-refractivity contribution in [3.8, 4) is 0 Å². The van der Waals surface area contributed by atoms with E-state index < -0.39 is 20.0 Å². The summed E-state index contributed by atoms with van der Waals surface area (Å²) in [7, 11) is -6.63. The minimum Gasteiger partial charge on any atom is -0.212 e. The molecule has 8 heteroatoms. The molecule has 1 aromatic rings. The average Bonchev–Trinajstić information content (AvgIpc) is 3.52. The molecular formula is C19H28N2O4S2. The van der Waals surface area contributed by atoms with Gasteiger partial charge in [0.25, 0.3) is 0 Å². The van der Waals surface area contributed by atoms with E-state index in [9.17, 15) is 16.8 Å². The summed E-state index contributed by atoms with van der Waals surface area (Å²) in [5.41, 5.74) is 2.42. The third kappa shape index (κ3) is 4.23. The van der Waals surface area contributed by atoms with Gasteiger partial charge in [0.15, 0.2) is 0 Å². The highest BCUT2D eigenvalue weighted by atomic mass is 32.2. The number of benzene rings is 1. The van der Waals surface area contributed by atoms with Crippen molar-refractivity contribution in [2.75, 3.05) is 19.6 Å². The molecule has 150 valence electrons. The minimum atomic E-state index is -3.52. The van der Waals surface area contributed by atoms with Crippen molar-refractivity contribution >= 4 is 20.0 Å². The highest BCUT2D eigenvalue weighted by molar-refractivity contribution is 7.90. The van der Waals surface area contributed by atoms with Crippen LogP contribution in [0.5, 0.6) is 0 Å². The molecule has 0 spiro atoms. The maximum atomic E-state index is 12.7. The number of nitrogens with one attached hydrogen (secondary N) is 1. The molecule has 0 atom stereocenters. The Labute approximate surface area is 162 Å². The Bertz CT molecular complexity index is 900. The average molecular weight is 413 g/mol. The third-order valence-corrected chi connectivity index (χ3v) is 9.89. The summed E-state index contributed by atoms with van der Waals surface area (Å²) in [5, 5.41) is -0.170. The van der Waals surface area contributed by atoms with Crippen molar-refractivity contribution in [1.29, 1.82) is 0 Å². The molecule has 0 aromatic heterocycles. The van der Waals surface area contributed by atoms with Crippen LogP contribution in [0.15, 0.2) is 23.1 Å². The Morgan fingerprint density at radius 3 is 2.26 bits per heavy atom. The van der Waals surface area contributed by atoms with Gasteiger partial charge in [0, 0.05) is 19.6 Å². The van der Waals surface area contributed by atoms with Gasteiger partial charge in [0.1, 0.15) is 0 Å². The number of rotatable bonds is 6. The molecule has 1 saturated carbocycles. The summed E-state index contributed by atoms with van der Waals surface area (Å²) in [6, 6.07) is 5.48. The second-order valence-corrected chi connectivity index (χ2v) is 12.1. The molecule has 4 rings (SSSR count). The number of hydrogen-bond donors (Lipinski definition) is 1. The monoisotopic (exact) mass is 412 g/mol. The normalized spacial score (nSPS) is 22.5. The molecule has 2 aliphatic carbocycles. The third-order valence-electron chi connectivity index (χ3n) is 6.07. The van der Waals surface area contributed by atoms with Crippen LogP contribution in [0.1, 0.15) is 49.7 Å². The van der Waals surface area contributed by atoms with Gasteiger partial charge < -0.3 is 0 Å². The number of piperidine rings is 1. The van der Waals surface area contributed by atoms with Gasteiger partial charge in [-0.3, -0.25) is 0 Å². The van der Waals surface area contributed by atoms with Gasteiger partial charge >= 0.3 is 0 Å². The first-order valence-corrected chi connectivity index (χ1v) is 13.0.